The number of aryl methyl sites for hydroxylation is 1. The maximum atomic E-state index is 2.37. The van der Waals surface area contributed by atoms with E-state index in [2.05, 4.69) is 96.5 Å². The quantitative estimate of drug-likeness (QED) is 0.287. The molecule has 0 aliphatic heterocycles. The van der Waals surface area contributed by atoms with Crippen molar-refractivity contribution in [1.82, 2.24) is 4.57 Å². The number of nitrogens with zero attached hydrogens (tertiary/aromatic N) is 1. The third-order valence-electron chi connectivity index (χ3n) is 5.61. The molecule has 2 aromatic heterocycles. The van der Waals surface area contributed by atoms with Crippen LogP contribution in [0, 0.1) is 0 Å². The first-order valence-corrected chi connectivity index (χ1v) is 10.0. The second kappa shape index (κ2) is 5.45. The molecular formula is C25H17NS. The fraction of sp³-hybridized carbons (Fsp3) is 0.0400. The Morgan fingerprint density at radius 1 is 0.630 bits per heavy atom. The maximum Gasteiger partial charge on any atom is 0.0583 e. The van der Waals surface area contributed by atoms with E-state index in [0.29, 0.717) is 0 Å². The van der Waals surface area contributed by atoms with Gasteiger partial charge in [0.2, 0.25) is 0 Å². The molecule has 0 amide bonds. The fourth-order valence-corrected chi connectivity index (χ4v) is 5.44. The topological polar surface area (TPSA) is 4.93 Å². The van der Waals surface area contributed by atoms with E-state index in [4.69, 9.17) is 0 Å². The van der Waals surface area contributed by atoms with Crippen LogP contribution in [0.5, 0.6) is 0 Å². The molecule has 0 saturated carbocycles. The smallest absolute Gasteiger partial charge is 0.0583 e. The predicted molar refractivity (Wildman–Crippen MR) is 119 cm³/mol. The third kappa shape index (κ3) is 2.05. The summed E-state index contributed by atoms with van der Waals surface area (Å²) in [7, 11) is 2.20. The summed E-state index contributed by atoms with van der Waals surface area (Å²) in [5, 5.41) is 5.40. The van der Waals surface area contributed by atoms with Gasteiger partial charge < -0.3 is 4.57 Å². The Bertz CT molecular complexity index is 1470. The van der Waals surface area contributed by atoms with Crippen LogP contribution >= 0.6 is 11.3 Å². The van der Waals surface area contributed by atoms with E-state index in [-0.39, 0.29) is 0 Å². The van der Waals surface area contributed by atoms with Crippen LogP contribution in [0.15, 0.2) is 84.9 Å². The molecule has 0 fully saturated rings. The van der Waals surface area contributed by atoms with Gasteiger partial charge in [-0.1, -0.05) is 66.7 Å². The Kier molecular flexibility index (Phi) is 3.03. The van der Waals surface area contributed by atoms with Crippen molar-refractivity contribution in [3.63, 3.8) is 0 Å². The summed E-state index contributed by atoms with van der Waals surface area (Å²) in [4.78, 5) is 0. The molecule has 0 radical (unpaired) electrons. The van der Waals surface area contributed by atoms with E-state index < -0.39 is 0 Å². The van der Waals surface area contributed by atoms with Crippen molar-refractivity contribution in [3.8, 4) is 11.1 Å². The first-order chi connectivity index (χ1) is 13.3. The first kappa shape index (κ1) is 15.0. The zero-order valence-electron chi connectivity index (χ0n) is 14.9. The first-order valence-electron chi connectivity index (χ1n) is 9.19. The highest BCUT2D eigenvalue weighted by atomic mass is 32.1. The van der Waals surface area contributed by atoms with Gasteiger partial charge in [0.1, 0.15) is 0 Å². The zero-order chi connectivity index (χ0) is 18.0. The number of hydrogen-bond donors (Lipinski definition) is 0. The normalized spacial score (nSPS) is 11.9. The predicted octanol–water partition coefficient (Wildman–Crippen LogP) is 7.37. The molecule has 6 aromatic rings. The van der Waals surface area contributed by atoms with Crippen LogP contribution < -0.4 is 0 Å². The van der Waals surface area contributed by atoms with E-state index in [1.165, 1.54) is 53.1 Å². The van der Waals surface area contributed by atoms with Gasteiger partial charge in [0.05, 0.1) is 5.52 Å². The summed E-state index contributed by atoms with van der Waals surface area (Å²) in [6.45, 7) is 0. The van der Waals surface area contributed by atoms with Crippen LogP contribution in [0.2, 0.25) is 0 Å². The zero-order valence-corrected chi connectivity index (χ0v) is 15.8. The van der Waals surface area contributed by atoms with Crippen LogP contribution in [-0.2, 0) is 7.05 Å². The van der Waals surface area contributed by atoms with Gasteiger partial charge in [-0.3, -0.25) is 0 Å². The van der Waals surface area contributed by atoms with Gasteiger partial charge in [0, 0.05) is 43.5 Å². The van der Waals surface area contributed by atoms with E-state index in [1.54, 1.807) is 0 Å². The summed E-state index contributed by atoms with van der Waals surface area (Å²) < 4.78 is 5.09. The molecule has 0 unspecified atom stereocenters. The Labute approximate surface area is 161 Å². The van der Waals surface area contributed by atoms with Crippen molar-refractivity contribution < 1.29 is 0 Å². The van der Waals surface area contributed by atoms with E-state index in [0.717, 1.165) is 0 Å². The molecule has 128 valence electrons. The molecular weight excluding hydrogens is 346 g/mol. The molecule has 0 spiro atoms. The van der Waals surface area contributed by atoms with Crippen molar-refractivity contribution in [2.24, 2.45) is 7.05 Å². The molecule has 6 rings (SSSR count). The Morgan fingerprint density at radius 2 is 1.41 bits per heavy atom. The fourth-order valence-electron chi connectivity index (χ4n) is 4.33. The van der Waals surface area contributed by atoms with Crippen LogP contribution in [0.4, 0.5) is 0 Å². The molecule has 0 N–H and O–H groups in total. The highest BCUT2D eigenvalue weighted by Crippen LogP contribution is 2.41. The van der Waals surface area contributed by atoms with Gasteiger partial charge >= 0.3 is 0 Å². The van der Waals surface area contributed by atoms with Crippen molar-refractivity contribution >= 4 is 53.3 Å². The van der Waals surface area contributed by atoms with Crippen molar-refractivity contribution in [3.05, 3.63) is 84.9 Å². The minimum Gasteiger partial charge on any atom is -0.343 e. The second-order valence-corrected chi connectivity index (χ2v) is 8.17. The van der Waals surface area contributed by atoms with E-state index in [9.17, 15) is 0 Å². The number of hydrogen-bond acceptors (Lipinski definition) is 1. The second-order valence-electron chi connectivity index (χ2n) is 7.09. The number of aromatic nitrogens is 1. The summed E-state index contributed by atoms with van der Waals surface area (Å²) in [5.41, 5.74) is 5.15. The lowest BCUT2D eigenvalue weighted by Crippen LogP contribution is -1.88. The minimum atomic E-state index is 1.26. The SMILES string of the molecule is Cn1c2cc(-c3ccccc3)ccc2c2ccc3sc4ccccc4c3c21. The van der Waals surface area contributed by atoms with Gasteiger partial charge in [0.25, 0.3) is 0 Å². The molecule has 0 aliphatic rings. The summed E-state index contributed by atoms with van der Waals surface area (Å²) in [5.74, 6) is 0. The van der Waals surface area contributed by atoms with Crippen LogP contribution in [0.1, 0.15) is 0 Å². The molecule has 0 aliphatic carbocycles. The molecule has 0 atom stereocenters. The molecule has 2 heteroatoms. The monoisotopic (exact) mass is 363 g/mol. The summed E-state index contributed by atoms with van der Waals surface area (Å²) in [6, 6.07) is 30.8. The third-order valence-corrected chi connectivity index (χ3v) is 6.74. The summed E-state index contributed by atoms with van der Waals surface area (Å²) >= 11 is 1.88. The molecule has 0 bridgehead atoms. The lowest BCUT2D eigenvalue weighted by Gasteiger charge is -2.04. The van der Waals surface area contributed by atoms with Gasteiger partial charge in [-0.15, -0.1) is 11.3 Å². The van der Waals surface area contributed by atoms with Gasteiger partial charge in [-0.25, -0.2) is 0 Å². The van der Waals surface area contributed by atoms with Gasteiger partial charge in [-0.2, -0.15) is 0 Å². The Hall–Kier alpha value is -3.10. The largest absolute Gasteiger partial charge is 0.343 e. The highest BCUT2D eigenvalue weighted by molar-refractivity contribution is 7.26. The lowest BCUT2D eigenvalue weighted by atomic mass is 10.0. The molecule has 27 heavy (non-hydrogen) atoms. The van der Waals surface area contributed by atoms with Crippen LogP contribution in [0.3, 0.4) is 0 Å². The lowest BCUT2D eigenvalue weighted by molar-refractivity contribution is 1.02. The molecule has 1 nitrogen and oxygen atoms in total. The molecule has 2 heterocycles. The minimum absolute atomic E-state index is 1.26. The van der Waals surface area contributed by atoms with Crippen molar-refractivity contribution in [1.29, 1.82) is 0 Å². The maximum absolute atomic E-state index is 2.37. The van der Waals surface area contributed by atoms with Crippen molar-refractivity contribution in [2.45, 2.75) is 0 Å². The van der Waals surface area contributed by atoms with Crippen LogP contribution in [0.25, 0.3) is 53.1 Å². The van der Waals surface area contributed by atoms with Crippen LogP contribution in [-0.4, -0.2) is 4.57 Å². The number of fused-ring (bicyclic) bond motifs is 7. The molecule has 0 saturated heterocycles. The average Bonchev–Trinajstić information content (AvgIpc) is 3.24. The average molecular weight is 363 g/mol. The van der Waals surface area contributed by atoms with Gasteiger partial charge in [0.15, 0.2) is 0 Å². The standard InChI is InChI=1S/C25H17NS/c1-26-21-15-17(16-7-3-2-4-8-16)11-12-18(21)19-13-14-23-24(25(19)26)20-9-5-6-10-22(20)27-23/h2-15H,1H3. The van der Waals surface area contributed by atoms with E-state index in [1.807, 2.05) is 11.3 Å². The Morgan fingerprint density at radius 3 is 2.30 bits per heavy atom. The van der Waals surface area contributed by atoms with E-state index >= 15 is 0 Å². The Balaban J connectivity index is 1.77. The summed E-state index contributed by atoms with van der Waals surface area (Å²) in [6.07, 6.45) is 0. The number of benzene rings is 4. The number of rotatable bonds is 1. The number of thiophene rings is 1. The van der Waals surface area contributed by atoms with Crippen molar-refractivity contribution in [2.75, 3.05) is 0 Å². The highest BCUT2D eigenvalue weighted by Gasteiger charge is 2.15. The molecule has 4 aromatic carbocycles. The van der Waals surface area contributed by atoms with Gasteiger partial charge in [-0.05, 0) is 29.3 Å².